The number of urea groups is 1. The molecule has 2 rings (SSSR count). The lowest BCUT2D eigenvalue weighted by Gasteiger charge is -2.31. The van der Waals surface area contributed by atoms with Gasteiger partial charge in [-0.2, -0.15) is 0 Å². The van der Waals surface area contributed by atoms with E-state index in [9.17, 15) is 9.59 Å². The molecule has 2 N–H and O–H groups in total. The van der Waals surface area contributed by atoms with Gasteiger partial charge < -0.3 is 20.1 Å². The lowest BCUT2D eigenvalue weighted by atomic mass is 9.97. The van der Waals surface area contributed by atoms with E-state index in [2.05, 4.69) is 20.2 Å². The molecule has 128 valence electrons. The minimum absolute atomic E-state index is 0.0261. The Balaban J connectivity index is 1.64. The standard InChI is InChI=1S/C16H27N5O2/c1-13-18-8-11-20(13)9-4-3-7-19-16(23)21-10-5-6-14(12-21)15(22)17-2/h8,11,14H,3-7,9-10,12H2,1-2H3,(H,17,22)(H,19,23)/t14-/m0/s1. The molecule has 1 saturated heterocycles. The second-order valence-electron chi connectivity index (χ2n) is 6.01. The highest BCUT2D eigenvalue weighted by Crippen LogP contribution is 2.16. The molecule has 7 heteroatoms. The summed E-state index contributed by atoms with van der Waals surface area (Å²) >= 11 is 0. The Hall–Kier alpha value is -2.05. The summed E-state index contributed by atoms with van der Waals surface area (Å²) in [5, 5.41) is 5.62. The van der Waals surface area contributed by atoms with Gasteiger partial charge in [-0.1, -0.05) is 0 Å². The van der Waals surface area contributed by atoms with Crippen molar-refractivity contribution in [2.24, 2.45) is 5.92 Å². The minimum Gasteiger partial charge on any atom is -0.359 e. The molecule has 0 aromatic carbocycles. The van der Waals surface area contributed by atoms with Gasteiger partial charge in [-0.05, 0) is 32.6 Å². The van der Waals surface area contributed by atoms with Gasteiger partial charge in [0.1, 0.15) is 5.82 Å². The topological polar surface area (TPSA) is 79.3 Å². The first-order valence-corrected chi connectivity index (χ1v) is 8.34. The summed E-state index contributed by atoms with van der Waals surface area (Å²) in [4.78, 5) is 29.8. The predicted molar refractivity (Wildman–Crippen MR) is 88.0 cm³/mol. The number of aromatic nitrogens is 2. The molecular weight excluding hydrogens is 294 g/mol. The van der Waals surface area contributed by atoms with Gasteiger partial charge >= 0.3 is 6.03 Å². The smallest absolute Gasteiger partial charge is 0.317 e. The summed E-state index contributed by atoms with van der Waals surface area (Å²) in [5.41, 5.74) is 0. The van der Waals surface area contributed by atoms with Crippen LogP contribution in [0.3, 0.4) is 0 Å². The molecule has 23 heavy (non-hydrogen) atoms. The molecule has 1 aliphatic rings. The maximum atomic E-state index is 12.2. The second-order valence-corrected chi connectivity index (χ2v) is 6.01. The van der Waals surface area contributed by atoms with E-state index in [4.69, 9.17) is 0 Å². The second kappa shape index (κ2) is 8.55. The fraction of sp³-hybridized carbons (Fsp3) is 0.688. The van der Waals surface area contributed by atoms with Crippen molar-refractivity contribution in [2.45, 2.75) is 39.2 Å². The van der Waals surface area contributed by atoms with Crippen LogP contribution in [0, 0.1) is 12.8 Å². The van der Waals surface area contributed by atoms with Crippen molar-refractivity contribution in [1.29, 1.82) is 0 Å². The van der Waals surface area contributed by atoms with E-state index in [1.165, 1.54) is 0 Å². The number of amides is 3. The zero-order chi connectivity index (χ0) is 16.7. The molecular formula is C16H27N5O2. The SMILES string of the molecule is CNC(=O)[C@H]1CCCN(C(=O)NCCCCn2ccnc2C)C1. The summed E-state index contributed by atoms with van der Waals surface area (Å²) < 4.78 is 2.11. The van der Waals surface area contributed by atoms with Gasteiger partial charge in [-0.3, -0.25) is 4.79 Å². The van der Waals surface area contributed by atoms with Crippen LogP contribution >= 0.6 is 0 Å². The van der Waals surface area contributed by atoms with Gasteiger partial charge in [0.15, 0.2) is 0 Å². The lowest BCUT2D eigenvalue weighted by Crippen LogP contribution is -2.48. The van der Waals surface area contributed by atoms with Crippen molar-refractivity contribution in [1.82, 2.24) is 25.1 Å². The molecule has 1 aromatic rings. The number of hydrogen-bond acceptors (Lipinski definition) is 3. The van der Waals surface area contributed by atoms with Crippen molar-refractivity contribution in [3.05, 3.63) is 18.2 Å². The van der Waals surface area contributed by atoms with Crippen LogP contribution in [0.25, 0.3) is 0 Å². The molecule has 0 unspecified atom stereocenters. The fourth-order valence-corrected chi connectivity index (χ4v) is 2.93. The van der Waals surface area contributed by atoms with Gasteiger partial charge in [-0.25, -0.2) is 9.78 Å². The molecule has 0 radical (unpaired) electrons. The van der Waals surface area contributed by atoms with Crippen LogP contribution in [0.4, 0.5) is 4.79 Å². The van der Waals surface area contributed by atoms with Crippen LogP contribution in [0.1, 0.15) is 31.5 Å². The maximum Gasteiger partial charge on any atom is 0.317 e. The molecule has 3 amide bonds. The Morgan fingerprint density at radius 1 is 1.39 bits per heavy atom. The van der Waals surface area contributed by atoms with Crippen molar-refractivity contribution in [3.63, 3.8) is 0 Å². The third-order valence-corrected chi connectivity index (χ3v) is 4.35. The Morgan fingerprint density at radius 2 is 2.22 bits per heavy atom. The van der Waals surface area contributed by atoms with E-state index >= 15 is 0 Å². The molecule has 2 heterocycles. The number of carbonyl (C=O) groups excluding carboxylic acids is 2. The third-order valence-electron chi connectivity index (χ3n) is 4.35. The van der Waals surface area contributed by atoms with Crippen molar-refractivity contribution >= 4 is 11.9 Å². The Morgan fingerprint density at radius 3 is 2.91 bits per heavy atom. The molecule has 1 aromatic heterocycles. The van der Waals surface area contributed by atoms with E-state index < -0.39 is 0 Å². The molecule has 0 bridgehead atoms. The molecule has 1 fully saturated rings. The molecule has 0 spiro atoms. The number of unbranched alkanes of at least 4 members (excludes halogenated alkanes) is 1. The van der Waals surface area contributed by atoms with E-state index in [0.717, 1.165) is 44.6 Å². The van der Waals surface area contributed by atoms with Crippen molar-refractivity contribution in [2.75, 3.05) is 26.7 Å². The summed E-state index contributed by atoms with van der Waals surface area (Å²) in [6.07, 6.45) is 7.43. The quantitative estimate of drug-likeness (QED) is 0.771. The first-order chi connectivity index (χ1) is 11.1. The van der Waals surface area contributed by atoms with Crippen molar-refractivity contribution < 1.29 is 9.59 Å². The van der Waals surface area contributed by atoms with Crippen LogP contribution < -0.4 is 10.6 Å². The first-order valence-electron chi connectivity index (χ1n) is 8.34. The van der Waals surface area contributed by atoms with Gasteiger partial charge in [0, 0.05) is 45.6 Å². The van der Waals surface area contributed by atoms with Crippen molar-refractivity contribution in [3.8, 4) is 0 Å². The van der Waals surface area contributed by atoms with Crippen LogP contribution in [0.5, 0.6) is 0 Å². The summed E-state index contributed by atoms with van der Waals surface area (Å²) in [6, 6.07) is -0.0579. The molecule has 1 aliphatic heterocycles. The fourth-order valence-electron chi connectivity index (χ4n) is 2.93. The number of hydrogen-bond donors (Lipinski definition) is 2. The van der Waals surface area contributed by atoms with Gasteiger partial charge in [0.25, 0.3) is 0 Å². The molecule has 7 nitrogen and oxygen atoms in total. The highest BCUT2D eigenvalue weighted by atomic mass is 16.2. The third kappa shape index (κ3) is 4.97. The number of aryl methyl sites for hydroxylation is 2. The average molecular weight is 321 g/mol. The number of nitrogens with one attached hydrogen (secondary N) is 2. The Labute approximate surface area is 137 Å². The number of likely N-dealkylation sites (tertiary alicyclic amines) is 1. The summed E-state index contributed by atoms with van der Waals surface area (Å²) in [7, 11) is 1.64. The van der Waals surface area contributed by atoms with Gasteiger partial charge in [0.2, 0.25) is 5.91 Å². The Kier molecular flexibility index (Phi) is 6.43. The maximum absolute atomic E-state index is 12.2. The number of imidazole rings is 1. The zero-order valence-electron chi connectivity index (χ0n) is 14.0. The van der Waals surface area contributed by atoms with E-state index in [1.54, 1.807) is 18.1 Å². The molecule has 0 aliphatic carbocycles. The van der Waals surface area contributed by atoms with Crippen LogP contribution in [-0.4, -0.2) is 53.1 Å². The van der Waals surface area contributed by atoms with Crippen LogP contribution in [-0.2, 0) is 11.3 Å². The largest absolute Gasteiger partial charge is 0.359 e. The highest BCUT2D eigenvalue weighted by Gasteiger charge is 2.27. The number of nitrogens with zero attached hydrogens (tertiary/aromatic N) is 3. The van der Waals surface area contributed by atoms with Gasteiger partial charge in [0.05, 0.1) is 5.92 Å². The Bertz CT molecular complexity index is 528. The van der Waals surface area contributed by atoms with Crippen LogP contribution in [0.15, 0.2) is 12.4 Å². The number of rotatable bonds is 6. The number of carbonyl (C=O) groups is 2. The molecule has 1 atom stereocenters. The minimum atomic E-state index is -0.0799. The van der Waals surface area contributed by atoms with Crippen LogP contribution in [0.2, 0.25) is 0 Å². The summed E-state index contributed by atoms with van der Waals surface area (Å²) in [5.74, 6) is 0.963. The average Bonchev–Trinajstić information content (AvgIpc) is 2.98. The van der Waals surface area contributed by atoms with Gasteiger partial charge in [-0.15, -0.1) is 0 Å². The lowest BCUT2D eigenvalue weighted by molar-refractivity contribution is -0.125. The normalized spacial score (nSPS) is 17.8. The predicted octanol–water partition coefficient (Wildman–Crippen LogP) is 1.14. The zero-order valence-corrected chi connectivity index (χ0v) is 14.0. The highest BCUT2D eigenvalue weighted by molar-refractivity contribution is 5.80. The number of piperidine rings is 1. The first kappa shape index (κ1) is 17.3. The van der Waals surface area contributed by atoms with E-state index in [-0.39, 0.29) is 17.9 Å². The molecule has 0 saturated carbocycles. The van der Waals surface area contributed by atoms with E-state index in [1.807, 2.05) is 13.1 Å². The summed E-state index contributed by atoms with van der Waals surface area (Å²) in [6.45, 7) is 4.81. The van der Waals surface area contributed by atoms with E-state index in [0.29, 0.717) is 13.1 Å². The monoisotopic (exact) mass is 321 g/mol.